The largest absolute Gasteiger partial charge is 0.677 e. The lowest BCUT2D eigenvalue weighted by Gasteiger charge is -2.23. The number of amides is 7. The maximum absolute atomic E-state index is 14.4. The van der Waals surface area contributed by atoms with Gasteiger partial charge in [0.1, 0.15) is 17.8 Å². The molecule has 0 spiro atoms. The van der Waals surface area contributed by atoms with E-state index >= 15 is 0 Å². The number of halogens is 2. The molecule has 3 atom stereocenters. The van der Waals surface area contributed by atoms with E-state index in [4.69, 9.17) is 15.7 Å². The van der Waals surface area contributed by atoms with Crippen LogP contribution in [0.4, 0.5) is 8.63 Å². The second-order valence-corrected chi connectivity index (χ2v) is 20.2. The number of carbonyl (C=O) groups excluding carboxylic acids is 7. The molecular weight excluding hydrogens is 1000 g/mol. The van der Waals surface area contributed by atoms with Gasteiger partial charge in [-0.3, -0.25) is 47.4 Å². The van der Waals surface area contributed by atoms with E-state index in [1.54, 1.807) is 38.6 Å². The third kappa shape index (κ3) is 22.1. The first-order valence-corrected chi connectivity index (χ1v) is 27.2. The molecule has 4 rings (SSSR count). The third-order valence-electron chi connectivity index (χ3n) is 13.6. The van der Waals surface area contributed by atoms with Gasteiger partial charge >= 0.3 is 7.40 Å². The second kappa shape index (κ2) is 33.9. The maximum atomic E-state index is 14.4. The zero-order chi connectivity index (χ0) is 57.0. The van der Waals surface area contributed by atoms with Crippen molar-refractivity contribution in [1.29, 1.82) is 0 Å². The number of primary amides is 1. The van der Waals surface area contributed by atoms with Crippen LogP contribution in [0.25, 0.3) is 6.08 Å². The Kier molecular flexibility index (Phi) is 27.5. The molecule has 2 heterocycles. The number of unbranched alkanes of at least 4 members (excludes halogenated alkanes) is 6. The molecule has 1 aromatic heterocycles. The summed E-state index contributed by atoms with van der Waals surface area (Å²) in [4.78, 5) is 93.2. The van der Waals surface area contributed by atoms with Gasteiger partial charge in [0.25, 0.3) is 0 Å². The molecule has 7 amide bonds. The van der Waals surface area contributed by atoms with E-state index in [-0.39, 0.29) is 55.2 Å². The van der Waals surface area contributed by atoms with Gasteiger partial charge in [0.2, 0.25) is 41.4 Å². The third-order valence-corrected chi connectivity index (χ3v) is 13.6. The van der Waals surface area contributed by atoms with Crippen LogP contribution in [0.1, 0.15) is 144 Å². The highest BCUT2D eigenvalue weighted by atomic mass is 19.2. The summed E-state index contributed by atoms with van der Waals surface area (Å²) in [5.74, 6) is -2.70. The van der Waals surface area contributed by atoms with E-state index in [0.717, 1.165) is 40.6 Å². The number of aliphatic imine (C=N–C) groups is 1. The number of hydrogen-bond acceptors (Lipinski definition) is 10. The molecule has 78 heavy (non-hydrogen) atoms. The van der Waals surface area contributed by atoms with Crippen molar-refractivity contribution in [2.75, 3.05) is 26.7 Å². The zero-order valence-corrected chi connectivity index (χ0v) is 45.9. The van der Waals surface area contributed by atoms with Crippen molar-refractivity contribution in [3.8, 4) is 5.75 Å². The molecule has 3 aromatic rings. The number of aromatic nitrogens is 1. The Morgan fingerprint density at radius 1 is 0.731 bits per heavy atom. The van der Waals surface area contributed by atoms with Crippen LogP contribution in [0.3, 0.4) is 0 Å². The molecule has 0 saturated carbocycles. The van der Waals surface area contributed by atoms with Crippen LogP contribution in [0, 0.1) is 25.7 Å². The topological polar surface area (TPSA) is 264 Å². The Hall–Kier alpha value is -7.16. The van der Waals surface area contributed by atoms with Crippen molar-refractivity contribution in [2.24, 2.45) is 22.6 Å². The highest BCUT2D eigenvalue weighted by molar-refractivity contribution is 6.41. The summed E-state index contributed by atoms with van der Waals surface area (Å²) >= 11 is 0. The van der Waals surface area contributed by atoms with Crippen molar-refractivity contribution >= 4 is 60.5 Å². The van der Waals surface area contributed by atoms with E-state index in [1.165, 1.54) is 0 Å². The number of allylic oxidation sites excluding steroid dienone is 2. The normalized spacial score (nSPS) is 13.6. The number of rotatable bonds is 36. The molecule has 21 heteroatoms. The molecule has 1 aliphatic heterocycles. The highest BCUT2D eigenvalue weighted by Gasteiger charge is 2.29. The highest BCUT2D eigenvalue weighted by Crippen LogP contribution is 2.29. The van der Waals surface area contributed by atoms with E-state index < -0.39 is 43.1 Å². The molecule has 18 nitrogen and oxygen atoms in total. The first-order chi connectivity index (χ1) is 37.4. The van der Waals surface area contributed by atoms with Gasteiger partial charge in [0.15, 0.2) is 0 Å². The Morgan fingerprint density at radius 3 is 1.97 bits per heavy atom. The number of nitrogens with one attached hydrogen (secondary N) is 6. The number of ether oxygens (including phenoxy) is 1. The van der Waals surface area contributed by atoms with Crippen LogP contribution in [0.2, 0.25) is 0 Å². The fourth-order valence-electron chi connectivity index (χ4n) is 9.30. The molecule has 9 N–H and O–H groups in total. The predicted molar refractivity (Wildman–Crippen MR) is 297 cm³/mol. The monoisotopic (exact) mass is 1080 g/mol. The van der Waals surface area contributed by atoms with Gasteiger partial charge < -0.3 is 41.5 Å². The van der Waals surface area contributed by atoms with Gasteiger partial charge in [-0.25, -0.2) is 10.5 Å². The predicted octanol–water partition coefficient (Wildman–Crippen LogP) is 6.50. The van der Waals surface area contributed by atoms with Crippen molar-refractivity contribution in [1.82, 2.24) is 36.5 Å². The molecular formula is C57H80BF2N9O9. The number of hydrogen-bond donors (Lipinski definition) is 8. The molecule has 2 aromatic carbocycles. The van der Waals surface area contributed by atoms with Crippen molar-refractivity contribution < 1.29 is 52.1 Å². The van der Waals surface area contributed by atoms with Crippen LogP contribution in [-0.2, 0) is 46.4 Å². The van der Waals surface area contributed by atoms with Crippen LogP contribution >= 0.6 is 0 Å². The fraction of sp³-hybridized carbons (Fsp3) is 0.509. The van der Waals surface area contributed by atoms with E-state index in [0.29, 0.717) is 118 Å². The average Bonchev–Trinajstić information content (AvgIpc) is 4.02. The molecule has 424 valence electrons. The van der Waals surface area contributed by atoms with Gasteiger partial charge in [0.05, 0.1) is 18.5 Å². The van der Waals surface area contributed by atoms with Crippen LogP contribution in [-0.4, -0.2) is 103 Å². The van der Waals surface area contributed by atoms with Crippen molar-refractivity contribution in [3.63, 3.8) is 0 Å². The van der Waals surface area contributed by atoms with Gasteiger partial charge in [-0.15, -0.1) is 0 Å². The van der Waals surface area contributed by atoms with Gasteiger partial charge in [-0.05, 0) is 137 Å². The lowest BCUT2D eigenvalue weighted by molar-refractivity contribution is -0.136. The SMILES string of the molecule is COc1ccc(C2=N/C(=C\c3c(C)c(CCC(=O)NCCCCCCC(=O)NCCCC[C@H](NC(=O)CCCCCNC(=O)[C@H](Cc4ccccc4)NC(=O)[C@@H](CC(=O)NO)CC(C)C)C(N)=O)c(C)n3B(F)F)C=C2)cc1. The Labute approximate surface area is 457 Å². The molecule has 1 aliphatic rings. The molecule has 0 radical (unpaired) electrons. The first kappa shape index (κ1) is 63.4. The number of hydroxylamine groups is 1. The molecule has 0 bridgehead atoms. The Balaban J connectivity index is 1.05. The Morgan fingerprint density at radius 2 is 1.35 bits per heavy atom. The van der Waals surface area contributed by atoms with Crippen LogP contribution in [0.5, 0.6) is 5.75 Å². The fourth-order valence-corrected chi connectivity index (χ4v) is 9.30. The first-order valence-electron chi connectivity index (χ1n) is 27.2. The second-order valence-electron chi connectivity index (χ2n) is 20.2. The number of nitrogens with two attached hydrogens (primary N) is 1. The van der Waals surface area contributed by atoms with E-state index in [9.17, 15) is 42.2 Å². The summed E-state index contributed by atoms with van der Waals surface area (Å²) in [5, 5.41) is 23.2. The van der Waals surface area contributed by atoms with Crippen molar-refractivity contribution in [3.05, 3.63) is 106 Å². The molecule has 0 aliphatic carbocycles. The summed E-state index contributed by atoms with van der Waals surface area (Å²) in [7, 11) is -1.18. The minimum absolute atomic E-state index is 0.0872. The van der Waals surface area contributed by atoms with Crippen LogP contribution < -0.4 is 42.5 Å². The van der Waals surface area contributed by atoms with Gasteiger partial charge in [-0.1, -0.05) is 63.4 Å². The quantitative estimate of drug-likeness (QED) is 0.0137. The minimum Gasteiger partial charge on any atom is -0.497 e. The van der Waals surface area contributed by atoms with Crippen LogP contribution in [0.15, 0.2) is 77.4 Å². The van der Waals surface area contributed by atoms with E-state index in [2.05, 4.69) is 31.6 Å². The summed E-state index contributed by atoms with van der Waals surface area (Å²) in [5.41, 5.74) is 12.3. The summed E-state index contributed by atoms with van der Waals surface area (Å²) in [6.45, 7) is 8.43. The standard InChI is InChI=1S/C57H80BF2N9O9/c1-38(2)34-43(36-54(73)68-77)56(75)67-49(35-41-18-10-8-11-19-41)57(76)64-33-16-9-13-22-53(72)66-48(55(61)74)20-14-17-32-62-51(70)21-12-6-7-15-31-63-52(71)30-28-46-39(3)50(69(40(46)4)58(59)60)37-44-25-29-47(65-44)42-23-26-45(78-5)27-24-42/h8,10-11,18-19,23-27,29,37-38,43,48-49,77H,6-7,9,12-17,20-22,28,30-36H2,1-5H3,(H2,61,74)(H,62,70)(H,63,71)(H,64,76)(H,66,72)(H,67,75)(H,68,73)/b44-37-/t43-,48+,49+/m1/s1. The Bertz CT molecular complexity index is 2550. The summed E-state index contributed by atoms with van der Waals surface area (Å²) < 4.78 is 34.9. The summed E-state index contributed by atoms with van der Waals surface area (Å²) in [6, 6.07) is 14.9. The van der Waals surface area contributed by atoms with Gasteiger partial charge in [0, 0.05) is 74.6 Å². The zero-order valence-electron chi connectivity index (χ0n) is 45.9. The average molecular weight is 1080 g/mol. The van der Waals surface area contributed by atoms with E-state index in [1.807, 2.05) is 74.5 Å². The number of benzene rings is 2. The molecule has 0 fully saturated rings. The number of carbonyl (C=O) groups is 7. The lowest BCUT2D eigenvalue weighted by atomic mass is 9.92. The lowest BCUT2D eigenvalue weighted by Crippen LogP contribution is -2.50. The summed E-state index contributed by atoms with van der Waals surface area (Å²) in [6.07, 6.45) is 12.8. The van der Waals surface area contributed by atoms with Crippen molar-refractivity contribution in [2.45, 2.75) is 149 Å². The number of nitrogens with zero attached hydrogens (tertiary/aromatic N) is 2. The smallest absolute Gasteiger partial charge is 0.497 e. The van der Waals surface area contributed by atoms with Gasteiger partial charge in [-0.2, -0.15) is 0 Å². The molecule has 0 unspecified atom stereocenters. The number of methoxy groups -OCH3 is 1. The maximum Gasteiger partial charge on any atom is 0.677 e. The molecule has 0 saturated heterocycles. The minimum atomic E-state index is -2.77.